The smallest absolute Gasteiger partial charge is 0.329 e. The second-order valence-corrected chi connectivity index (χ2v) is 5.80. The molecular weight excluding hydrogens is 260 g/mol. The van der Waals surface area contributed by atoms with Crippen LogP contribution in [0.3, 0.4) is 0 Å². The van der Waals surface area contributed by atoms with E-state index in [4.69, 9.17) is 10.5 Å². The largest absolute Gasteiger partial charge is 0.480 e. The normalized spacial score (nSPS) is 20.9. The third kappa shape index (κ3) is 4.76. The molecule has 1 amide bonds. The van der Waals surface area contributed by atoms with Gasteiger partial charge in [-0.2, -0.15) is 0 Å². The Balaban J connectivity index is 2.51. The standard InChI is InChI=1S/C14H26N2O4/c1-10(4-3-5-11(2)15)12(17)16-14(13(18)19)6-8-20-9-7-14/h10-11H,3-9,15H2,1-2H3,(H,16,17)(H,18,19). The molecule has 1 aliphatic rings. The van der Waals surface area contributed by atoms with Crippen LogP contribution in [-0.4, -0.2) is 41.8 Å². The van der Waals surface area contributed by atoms with Crippen molar-refractivity contribution >= 4 is 11.9 Å². The summed E-state index contributed by atoms with van der Waals surface area (Å²) in [6.07, 6.45) is 3.10. The minimum absolute atomic E-state index is 0.131. The van der Waals surface area contributed by atoms with Gasteiger partial charge in [-0.15, -0.1) is 0 Å². The Morgan fingerprint density at radius 1 is 1.30 bits per heavy atom. The molecule has 6 heteroatoms. The summed E-state index contributed by atoms with van der Waals surface area (Å²) in [4.78, 5) is 23.6. The van der Waals surface area contributed by atoms with Gasteiger partial charge >= 0.3 is 5.97 Å². The van der Waals surface area contributed by atoms with E-state index in [1.165, 1.54) is 0 Å². The van der Waals surface area contributed by atoms with E-state index in [2.05, 4.69) is 5.32 Å². The number of carbonyl (C=O) groups excluding carboxylic acids is 1. The number of rotatable bonds is 7. The lowest BCUT2D eigenvalue weighted by Gasteiger charge is -2.34. The highest BCUT2D eigenvalue weighted by atomic mass is 16.5. The van der Waals surface area contributed by atoms with Crippen LogP contribution in [0, 0.1) is 5.92 Å². The van der Waals surface area contributed by atoms with E-state index in [0.29, 0.717) is 26.1 Å². The average Bonchev–Trinajstić information content (AvgIpc) is 2.39. The highest BCUT2D eigenvalue weighted by molar-refractivity contribution is 5.88. The SMILES string of the molecule is CC(N)CCCC(C)C(=O)NC1(C(=O)O)CCOCC1. The summed E-state index contributed by atoms with van der Waals surface area (Å²) in [6, 6.07) is 0.131. The topological polar surface area (TPSA) is 102 Å². The third-order valence-corrected chi connectivity index (χ3v) is 3.86. The zero-order chi connectivity index (χ0) is 15.2. The number of hydrogen-bond donors (Lipinski definition) is 3. The van der Waals surface area contributed by atoms with Crippen LogP contribution in [0.15, 0.2) is 0 Å². The zero-order valence-electron chi connectivity index (χ0n) is 12.4. The van der Waals surface area contributed by atoms with Crippen molar-refractivity contribution in [3.8, 4) is 0 Å². The lowest BCUT2D eigenvalue weighted by Crippen LogP contribution is -2.58. The van der Waals surface area contributed by atoms with E-state index in [1.54, 1.807) is 0 Å². The van der Waals surface area contributed by atoms with E-state index in [0.717, 1.165) is 19.3 Å². The summed E-state index contributed by atoms with van der Waals surface area (Å²) in [6.45, 7) is 4.49. The fraction of sp³-hybridized carbons (Fsp3) is 0.857. The van der Waals surface area contributed by atoms with Crippen molar-refractivity contribution < 1.29 is 19.4 Å². The summed E-state index contributed by atoms with van der Waals surface area (Å²) in [7, 11) is 0. The minimum Gasteiger partial charge on any atom is -0.480 e. The van der Waals surface area contributed by atoms with Gasteiger partial charge in [-0.1, -0.05) is 13.3 Å². The number of ether oxygens (including phenoxy) is 1. The van der Waals surface area contributed by atoms with Gasteiger partial charge in [-0.25, -0.2) is 4.79 Å². The van der Waals surface area contributed by atoms with E-state index in [9.17, 15) is 14.7 Å². The van der Waals surface area contributed by atoms with Gasteiger partial charge in [-0.3, -0.25) is 4.79 Å². The van der Waals surface area contributed by atoms with Gasteiger partial charge in [0.1, 0.15) is 5.54 Å². The molecular formula is C14H26N2O4. The molecule has 0 aromatic heterocycles. The van der Waals surface area contributed by atoms with Crippen LogP contribution in [0.1, 0.15) is 46.0 Å². The van der Waals surface area contributed by atoms with Crippen LogP contribution in [0.25, 0.3) is 0 Å². The minimum atomic E-state index is -1.16. The second kappa shape index (κ2) is 7.59. The first-order valence-electron chi connectivity index (χ1n) is 7.26. The van der Waals surface area contributed by atoms with Crippen LogP contribution in [0.2, 0.25) is 0 Å². The molecule has 2 unspecified atom stereocenters. The molecule has 0 aromatic rings. The van der Waals surface area contributed by atoms with Gasteiger partial charge in [-0.05, 0) is 19.8 Å². The molecule has 0 aliphatic carbocycles. The van der Waals surface area contributed by atoms with Crippen molar-refractivity contribution in [2.24, 2.45) is 11.7 Å². The summed E-state index contributed by atoms with van der Waals surface area (Å²) in [5, 5.41) is 12.1. The number of carbonyl (C=O) groups is 2. The molecule has 116 valence electrons. The van der Waals surface area contributed by atoms with E-state index >= 15 is 0 Å². The van der Waals surface area contributed by atoms with Crippen molar-refractivity contribution in [1.82, 2.24) is 5.32 Å². The average molecular weight is 286 g/mol. The van der Waals surface area contributed by atoms with Gasteiger partial charge in [0, 0.05) is 38.0 Å². The fourth-order valence-corrected chi connectivity index (χ4v) is 2.35. The van der Waals surface area contributed by atoms with Crippen molar-refractivity contribution in [3.63, 3.8) is 0 Å². The van der Waals surface area contributed by atoms with Crippen molar-refractivity contribution in [2.75, 3.05) is 13.2 Å². The van der Waals surface area contributed by atoms with Crippen molar-refractivity contribution in [3.05, 3.63) is 0 Å². The zero-order valence-corrected chi connectivity index (χ0v) is 12.4. The van der Waals surface area contributed by atoms with Gasteiger partial charge < -0.3 is 20.9 Å². The Morgan fingerprint density at radius 2 is 1.90 bits per heavy atom. The van der Waals surface area contributed by atoms with Crippen molar-refractivity contribution in [2.45, 2.75) is 57.5 Å². The van der Waals surface area contributed by atoms with Crippen LogP contribution in [0.5, 0.6) is 0 Å². The number of nitrogens with one attached hydrogen (secondary N) is 1. The Morgan fingerprint density at radius 3 is 2.40 bits per heavy atom. The molecule has 2 atom stereocenters. The molecule has 0 saturated carbocycles. The molecule has 6 nitrogen and oxygen atoms in total. The van der Waals surface area contributed by atoms with Crippen LogP contribution in [-0.2, 0) is 14.3 Å². The molecule has 0 aromatic carbocycles. The molecule has 20 heavy (non-hydrogen) atoms. The highest BCUT2D eigenvalue weighted by Crippen LogP contribution is 2.22. The maximum atomic E-state index is 12.2. The molecule has 0 spiro atoms. The first-order chi connectivity index (χ1) is 9.37. The monoisotopic (exact) mass is 286 g/mol. The second-order valence-electron chi connectivity index (χ2n) is 5.80. The Kier molecular flexibility index (Phi) is 6.42. The summed E-state index contributed by atoms with van der Waals surface area (Å²) >= 11 is 0. The maximum absolute atomic E-state index is 12.2. The highest BCUT2D eigenvalue weighted by Gasteiger charge is 2.42. The Labute approximate surface area is 120 Å². The molecule has 0 bridgehead atoms. The van der Waals surface area contributed by atoms with Gasteiger partial charge in [0.15, 0.2) is 0 Å². The van der Waals surface area contributed by atoms with Gasteiger partial charge in [0.25, 0.3) is 0 Å². The molecule has 1 aliphatic heterocycles. The van der Waals surface area contributed by atoms with Crippen LogP contribution < -0.4 is 11.1 Å². The lowest BCUT2D eigenvalue weighted by atomic mass is 9.89. The van der Waals surface area contributed by atoms with E-state index in [-0.39, 0.29) is 17.9 Å². The van der Waals surface area contributed by atoms with Crippen molar-refractivity contribution in [1.29, 1.82) is 0 Å². The molecule has 4 N–H and O–H groups in total. The number of carboxylic acid groups (broad SMARTS) is 1. The third-order valence-electron chi connectivity index (χ3n) is 3.86. The van der Waals surface area contributed by atoms with E-state index < -0.39 is 11.5 Å². The molecule has 1 saturated heterocycles. The van der Waals surface area contributed by atoms with Crippen LogP contribution in [0.4, 0.5) is 0 Å². The van der Waals surface area contributed by atoms with Crippen LogP contribution >= 0.6 is 0 Å². The molecule has 1 heterocycles. The van der Waals surface area contributed by atoms with Gasteiger partial charge in [0.05, 0.1) is 0 Å². The Hall–Kier alpha value is -1.14. The number of amides is 1. The van der Waals surface area contributed by atoms with E-state index in [1.807, 2.05) is 13.8 Å². The number of nitrogens with two attached hydrogens (primary N) is 1. The molecule has 0 radical (unpaired) electrons. The summed E-state index contributed by atoms with van der Waals surface area (Å²) in [5.74, 6) is -1.37. The molecule has 1 rings (SSSR count). The maximum Gasteiger partial charge on any atom is 0.329 e. The summed E-state index contributed by atoms with van der Waals surface area (Å²) in [5.41, 5.74) is 4.51. The first kappa shape index (κ1) is 16.9. The number of hydrogen-bond acceptors (Lipinski definition) is 4. The summed E-state index contributed by atoms with van der Waals surface area (Å²) < 4.78 is 5.18. The number of aliphatic carboxylic acids is 1. The first-order valence-corrected chi connectivity index (χ1v) is 7.26. The predicted molar refractivity (Wildman–Crippen MR) is 75.2 cm³/mol. The quantitative estimate of drug-likeness (QED) is 0.645. The number of carboxylic acids is 1. The molecule has 1 fully saturated rings. The van der Waals surface area contributed by atoms with Gasteiger partial charge in [0.2, 0.25) is 5.91 Å². The Bertz CT molecular complexity index is 338. The lowest BCUT2D eigenvalue weighted by molar-refractivity contribution is -0.152. The predicted octanol–water partition coefficient (Wildman–Crippen LogP) is 0.890. The fourth-order valence-electron chi connectivity index (χ4n) is 2.35.